The minimum Gasteiger partial charge on any atom is -0.340 e. The first kappa shape index (κ1) is 21.4. The third kappa shape index (κ3) is 5.64. The molecule has 0 unspecified atom stereocenters. The van der Waals surface area contributed by atoms with E-state index in [1.807, 2.05) is 11.8 Å². The molecule has 0 bridgehead atoms. The van der Waals surface area contributed by atoms with Gasteiger partial charge in [0.25, 0.3) is 5.91 Å². The molecule has 0 saturated carbocycles. The number of aromatic nitrogens is 1. The molecule has 7 heteroatoms. The zero-order valence-electron chi connectivity index (χ0n) is 17.4. The lowest BCUT2D eigenvalue weighted by atomic mass is 10.2. The molecule has 3 aromatic rings. The largest absolute Gasteiger partial charge is 0.340 e. The number of nitrogens with one attached hydrogen (secondary N) is 3. The molecule has 2 aromatic carbocycles. The molecule has 1 aliphatic rings. The van der Waals surface area contributed by atoms with Crippen LogP contribution in [-0.2, 0) is 0 Å². The maximum Gasteiger partial charge on any atom is 0.265 e. The van der Waals surface area contributed by atoms with Gasteiger partial charge in [0.05, 0.1) is 11.4 Å². The summed E-state index contributed by atoms with van der Waals surface area (Å²) in [7, 11) is 0. The highest BCUT2D eigenvalue weighted by Crippen LogP contribution is 2.47. The van der Waals surface area contributed by atoms with Gasteiger partial charge >= 0.3 is 0 Å². The summed E-state index contributed by atoms with van der Waals surface area (Å²) in [5.74, 6) is -0.143. The fourth-order valence-electron chi connectivity index (χ4n) is 3.53. The average molecular weight is 434 g/mol. The van der Waals surface area contributed by atoms with Gasteiger partial charge in [0.1, 0.15) is 0 Å². The maximum absolute atomic E-state index is 11.9. The molecule has 0 saturated heterocycles. The summed E-state index contributed by atoms with van der Waals surface area (Å²) in [5.41, 5.74) is 8.87. The summed E-state index contributed by atoms with van der Waals surface area (Å²) in [4.78, 5) is 20.9. The number of fused-ring (bicyclic) bond motifs is 2. The molecule has 0 spiro atoms. The fourth-order valence-corrected chi connectivity index (χ4v) is 4.62. The predicted octanol–water partition coefficient (Wildman–Crippen LogP) is 3.99. The van der Waals surface area contributed by atoms with E-state index < -0.39 is 0 Å². The number of hydrogen-bond acceptors (Lipinski definition) is 6. The Morgan fingerprint density at radius 1 is 0.839 bits per heavy atom. The highest BCUT2D eigenvalue weighted by Gasteiger charge is 2.22. The van der Waals surface area contributed by atoms with Crippen LogP contribution in [-0.4, -0.2) is 37.1 Å². The molecule has 160 valence electrons. The normalized spacial score (nSPS) is 12.2. The monoisotopic (exact) mass is 433 g/mol. The Hall–Kier alpha value is -2.87. The van der Waals surface area contributed by atoms with E-state index in [-0.39, 0.29) is 5.91 Å². The molecule has 4 rings (SSSR count). The number of pyridine rings is 1. The van der Waals surface area contributed by atoms with Gasteiger partial charge in [-0.3, -0.25) is 15.2 Å². The predicted molar refractivity (Wildman–Crippen MR) is 126 cm³/mol. The number of rotatable bonds is 10. The lowest BCUT2D eigenvalue weighted by Gasteiger charge is -2.32. The van der Waals surface area contributed by atoms with E-state index in [1.54, 1.807) is 24.5 Å². The number of carbonyl (C=O) groups excluding carboxylic acids is 1. The number of benzene rings is 2. The van der Waals surface area contributed by atoms with E-state index in [9.17, 15) is 4.79 Å². The van der Waals surface area contributed by atoms with Crippen LogP contribution >= 0.6 is 11.8 Å². The van der Waals surface area contributed by atoms with E-state index in [2.05, 4.69) is 74.6 Å². The number of hydrogen-bond donors (Lipinski definition) is 3. The summed E-state index contributed by atoms with van der Waals surface area (Å²) < 4.78 is 0. The average Bonchev–Trinajstić information content (AvgIpc) is 2.82. The standard InChI is InChI=1S/C24H27N5OS/c30-24(19-11-16-26-17-12-19)28-27-15-5-13-25-14-6-18-29-20-7-1-3-9-22(20)31-23-10-4-2-8-21(23)29/h1-4,7-12,16-17,25,27H,5-6,13-15,18H2,(H,28,30). The summed E-state index contributed by atoms with van der Waals surface area (Å²) in [6.45, 7) is 3.55. The van der Waals surface area contributed by atoms with Crippen molar-refractivity contribution < 1.29 is 4.79 Å². The molecule has 31 heavy (non-hydrogen) atoms. The Balaban J connectivity index is 1.15. The van der Waals surface area contributed by atoms with Crippen molar-refractivity contribution in [1.29, 1.82) is 0 Å². The summed E-state index contributed by atoms with van der Waals surface area (Å²) >= 11 is 1.84. The van der Waals surface area contributed by atoms with Crippen LogP contribution in [0.1, 0.15) is 23.2 Å². The Kier molecular flexibility index (Phi) is 7.55. The van der Waals surface area contributed by atoms with Crippen LogP contribution < -0.4 is 21.1 Å². The van der Waals surface area contributed by atoms with Gasteiger partial charge in [-0.1, -0.05) is 36.0 Å². The van der Waals surface area contributed by atoms with Crippen LogP contribution in [0.25, 0.3) is 0 Å². The third-order valence-electron chi connectivity index (χ3n) is 5.07. The van der Waals surface area contributed by atoms with E-state index in [1.165, 1.54) is 21.2 Å². The van der Waals surface area contributed by atoms with Crippen molar-refractivity contribution in [2.75, 3.05) is 31.1 Å². The summed E-state index contributed by atoms with van der Waals surface area (Å²) in [6.07, 6.45) is 5.21. The van der Waals surface area contributed by atoms with Gasteiger partial charge in [-0.2, -0.15) is 0 Å². The lowest BCUT2D eigenvalue weighted by molar-refractivity contribution is 0.0933. The molecule has 6 nitrogen and oxygen atoms in total. The first-order chi connectivity index (χ1) is 15.3. The van der Waals surface area contributed by atoms with Gasteiger partial charge in [0.15, 0.2) is 0 Å². The van der Waals surface area contributed by atoms with E-state index >= 15 is 0 Å². The second-order valence-corrected chi connectivity index (χ2v) is 8.35. The minimum atomic E-state index is -0.143. The number of amides is 1. The molecule has 2 heterocycles. The van der Waals surface area contributed by atoms with Crippen LogP contribution in [0.5, 0.6) is 0 Å². The molecule has 1 aromatic heterocycles. The Morgan fingerprint density at radius 3 is 2.19 bits per heavy atom. The number of anilines is 2. The van der Waals surface area contributed by atoms with Gasteiger partial charge < -0.3 is 10.2 Å². The van der Waals surface area contributed by atoms with Crippen molar-refractivity contribution in [1.82, 2.24) is 21.2 Å². The van der Waals surface area contributed by atoms with E-state index in [0.717, 1.165) is 32.5 Å². The van der Waals surface area contributed by atoms with Crippen LogP contribution in [0.2, 0.25) is 0 Å². The number of nitrogens with zero attached hydrogens (tertiary/aromatic N) is 2. The van der Waals surface area contributed by atoms with Crippen LogP contribution in [0.4, 0.5) is 11.4 Å². The zero-order valence-corrected chi connectivity index (χ0v) is 18.2. The molecular weight excluding hydrogens is 406 g/mol. The second kappa shape index (κ2) is 10.9. The molecular formula is C24H27N5OS. The highest BCUT2D eigenvalue weighted by atomic mass is 32.2. The number of carbonyl (C=O) groups is 1. The van der Waals surface area contributed by atoms with Crippen molar-refractivity contribution >= 4 is 29.0 Å². The minimum absolute atomic E-state index is 0.143. The lowest BCUT2D eigenvalue weighted by Crippen LogP contribution is -2.38. The van der Waals surface area contributed by atoms with Gasteiger partial charge in [0, 0.05) is 40.8 Å². The van der Waals surface area contributed by atoms with Gasteiger partial charge in [-0.25, -0.2) is 5.43 Å². The molecule has 0 atom stereocenters. The van der Waals surface area contributed by atoms with Gasteiger partial charge in [-0.05, 0) is 62.3 Å². The fraction of sp³-hybridized carbons (Fsp3) is 0.250. The molecule has 3 N–H and O–H groups in total. The van der Waals surface area contributed by atoms with Crippen LogP contribution in [0, 0.1) is 0 Å². The van der Waals surface area contributed by atoms with Crippen molar-refractivity contribution in [3.05, 3.63) is 78.6 Å². The van der Waals surface area contributed by atoms with Crippen molar-refractivity contribution in [3.8, 4) is 0 Å². The highest BCUT2D eigenvalue weighted by molar-refractivity contribution is 7.99. The third-order valence-corrected chi connectivity index (χ3v) is 6.20. The molecule has 1 aliphatic heterocycles. The van der Waals surface area contributed by atoms with E-state index in [0.29, 0.717) is 12.1 Å². The molecule has 1 amide bonds. The zero-order chi connectivity index (χ0) is 21.3. The van der Waals surface area contributed by atoms with Crippen molar-refractivity contribution in [3.63, 3.8) is 0 Å². The van der Waals surface area contributed by atoms with Crippen LogP contribution in [0.3, 0.4) is 0 Å². The maximum atomic E-state index is 11.9. The molecule has 0 fully saturated rings. The molecule has 0 aliphatic carbocycles. The molecule has 0 radical (unpaired) electrons. The smallest absolute Gasteiger partial charge is 0.265 e. The number of para-hydroxylation sites is 2. The second-order valence-electron chi connectivity index (χ2n) is 7.26. The first-order valence-corrected chi connectivity index (χ1v) is 11.4. The Morgan fingerprint density at radius 2 is 1.48 bits per heavy atom. The van der Waals surface area contributed by atoms with E-state index in [4.69, 9.17) is 0 Å². The van der Waals surface area contributed by atoms with Gasteiger partial charge in [0.2, 0.25) is 0 Å². The van der Waals surface area contributed by atoms with Gasteiger partial charge in [-0.15, -0.1) is 0 Å². The summed E-state index contributed by atoms with van der Waals surface area (Å²) in [5, 5.41) is 3.50. The first-order valence-electron chi connectivity index (χ1n) is 10.6. The van der Waals surface area contributed by atoms with Crippen LogP contribution in [0.15, 0.2) is 82.8 Å². The number of hydrazine groups is 1. The Labute approximate surface area is 187 Å². The quantitative estimate of drug-likeness (QED) is 0.332. The summed E-state index contributed by atoms with van der Waals surface area (Å²) in [6, 6.07) is 20.6. The van der Waals surface area contributed by atoms with Crippen molar-refractivity contribution in [2.24, 2.45) is 0 Å². The Bertz CT molecular complexity index is 953. The van der Waals surface area contributed by atoms with Crippen molar-refractivity contribution in [2.45, 2.75) is 22.6 Å². The topological polar surface area (TPSA) is 69.3 Å². The SMILES string of the molecule is O=C(NNCCCNCCCN1c2ccccc2Sc2ccccc21)c1ccncc1.